The fourth-order valence-corrected chi connectivity index (χ4v) is 2.88. The summed E-state index contributed by atoms with van der Waals surface area (Å²) in [5.41, 5.74) is 3.40. The molecule has 0 unspecified atom stereocenters. The summed E-state index contributed by atoms with van der Waals surface area (Å²) in [6.07, 6.45) is 12.8. The van der Waals surface area contributed by atoms with Gasteiger partial charge in [-0.25, -0.2) is 4.79 Å². The van der Waals surface area contributed by atoms with Gasteiger partial charge in [0.2, 0.25) is 0 Å². The van der Waals surface area contributed by atoms with Gasteiger partial charge in [-0.1, -0.05) is 67.8 Å². The number of rotatable bonds is 13. The van der Waals surface area contributed by atoms with Crippen LogP contribution >= 0.6 is 0 Å². The molecule has 2 aromatic carbocycles. The molecule has 0 saturated carbocycles. The van der Waals surface area contributed by atoms with E-state index in [-0.39, 0.29) is 17.1 Å². The van der Waals surface area contributed by atoms with Crippen LogP contribution < -0.4 is 9.47 Å². The average molecular weight is 449 g/mol. The van der Waals surface area contributed by atoms with Crippen LogP contribution in [0.15, 0.2) is 66.3 Å². The Kier molecular flexibility index (Phi) is 10.7. The van der Waals surface area contributed by atoms with Gasteiger partial charge in [-0.2, -0.15) is 0 Å². The van der Waals surface area contributed by atoms with Gasteiger partial charge >= 0.3 is 5.97 Å². The number of hydrogen-bond acceptors (Lipinski definition) is 4. The molecule has 174 valence electrons. The lowest BCUT2D eigenvalue weighted by atomic mass is 10.1. The minimum atomic E-state index is -1.12. The maximum Gasteiger partial charge on any atom is 0.341 e. The van der Waals surface area contributed by atoms with Gasteiger partial charge in [0.1, 0.15) is 18.1 Å². The fraction of sp³-hybridized carbons (Fsp3) is 0.286. The number of carboxylic acid groups (broad SMARTS) is 1. The Morgan fingerprint density at radius 1 is 0.970 bits per heavy atom. The second-order valence-electron chi connectivity index (χ2n) is 7.84. The zero-order chi connectivity index (χ0) is 24.1. The topological polar surface area (TPSA) is 72.8 Å². The maximum atomic E-state index is 12.8. The summed E-state index contributed by atoms with van der Waals surface area (Å²) in [6, 6.07) is 12.7. The highest BCUT2D eigenvalue weighted by Gasteiger charge is 2.13. The second-order valence-corrected chi connectivity index (χ2v) is 7.84. The number of benzene rings is 2. The summed E-state index contributed by atoms with van der Waals surface area (Å²) in [6.45, 7) is 5.94. The molecular weight excluding hydrogens is 416 g/mol. The van der Waals surface area contributed by atoms with E-state index in [4.69, 9.17) is 14.6 Å². The number of hydrogen-bond donors (Lipinski definition) is 1. The average Bonchev–Trinajstić information content (AvgIpc) is 2.79. The molecule has 0 amide bonds. The SMILES string of the molecule is CCCC/C=C/c1ccc(/C=C/C(=O)c2ccc(OCC=C(C)C)cc2OCC(=O)O)cc1. The van der Waals surface area contributed by atoms with Crippen molar-refractivity contribution < 1.29 is 24.2 Å². The third-order valence-electron chi connectivity index (χ3n) is 4.71. The summed E-state index contributed by atoms with van der Waals surface area (Å²) in [5, 5.41) is 8.96. The number of allylic oxidation sites excluding steroid dienone is 3. The highest BCUT2D eigenvalue weighted by atomic mass is 16.5. The first-order valence-corrected chi connectivity index (χ1v) is 11.1. The molecule has 5 nitrogen and oxygen atoms in total. The van der Waals surface area contributed by atoms with Gasteiger partial charge in [-0.15, -0.1) is 0 Å². The van der Waals surface area contributed by atoms with Gasteiger partial charge in [0.25, 0.3) is 0 Å². The lowest BCUT2D eigenvalue weighted by Crippen LogP contribution is -2.12. The Bertz CT molecular complexity index is 1010. The van der Waals surface area contributed by atoms with E-state index in [1.54, 1.807) is 24.3 Å². The molecule has 0 aliphatic carbocycles. The first-order chi connectivity index (χ1) is 15.9. The molecule has 0 fully saturated rings. The van der Waals surface area contributed by atoms with E-state index < -0.39 is 12.6 Å². The van der Waals surface area contributed by atoms with Crippen molar-refractivity contribution in [1.29, 1.82) is 0 Å². The third kappa shape index (κ3) is 9.60. The Labute approximate surface area is 196 Å². The van der Waals surface area contributed by atoms with Crippen LogP contribution in [0.4, 0.5) is 0 Å². The van der Waals surface area contributed by atoms with Crippen molar-refractivity contribution in [3.8, 4) is 11.5 Å². The maximum absolute atomic E-state index is 12.8. The molecule has 0 aliphatic rings. The monoisotopic (exact) mass is 448 g/mol. The number of aliphatic carboxylic acids is 1. The summed E-state index contributed by atoms with van der Waals surface area (Å²) < 4.78 is 11.0. The summed E-state index contributed by atoms with van der Waals surface area (Å²) in [5.74, 6) is -0.733. The van der Waals surface area contributed by atoms with E-state index >= 15 is 0 Å². The first kappa shape index (κ1) is 25.7. The largest absolute Gasteiger partial charge is 0.489 e. The quantitative estimate of drug-likeness (QED) is 0.162. The van der Waals surface area contributed by atoms with Crippen molar-refractivity contribution in [3.05, 3.63) is 83.0 Å². The predicted octanol–water partition coefficient (Wildman–Crippen LogP) is 6.59. The van der Waals surface area contributed by atoms with Crippen molar-refractivity contribution in [3.63, 3.8) is 0 Å². The number of ketones is 1. The highest BCUT2D eigenvalue weighted by molar-refractivity contribution is 6.08. The molecule has 0 radical (unpaired) electrons. The van der Waals surface area contributed by atoms with Crippen LogP contribution in [-0.4, -0.2) is 30.1 Å². The van der Waals surface area contributed by atoms with E-state index in [9.17, 15) is 9.59 Å². The smallest absolute Gasteiger partial charge is 0.341 e. The van der Waals surface area contributed by atoms with Crippen LogP contribution in [0.1, 0.15) is 61.5 Å². The lowest BCUT2D eigenvalue weighted by Gasteiger charge is -2.11. The molecule has 0 aliphatic heterocycles. The predicted molar refractivity (Wildman–Crippen MR) is 133 cm³/mol. The van der Waals surface area contributed by atoms with Gasteiger partial charge in [-0.05, 0) is 55.7 Å². The Morgan fingerprint density at radius 2 is 1.67 bits per heavy atom. The van der Waals surface area contributed by atoms with Gasteiger partial charge in [-0.3, -0.25) is 4.79 Å². The van der Waals surface area contributed by atoms with Gasteiger partial charge in [0.15, 0.2) is 12.4 Å². The Hall–Kier alpha value is -3.60. The molecular formula is C28H32O5. The number of carbonyl (C=O) groups excluding carboxylic acids is 1. The van der Waals surface area contributed by atoms with Crippen molar-refractivity contribution in [2.45, 2.75) is 40.0 Å². The zero-order valence-electron chi connectivity index (χ0n) is 19.5. The van der Waals surface area contributed by atoms with Crippen molar-refractivity contribution in [1.82, 2.24) is 0 Å². The van der Waals surface area contributed by atoms with Crippen LogP contribution in [0.5, 0.6) is 11.5 Å². The molecule has 0 bridgehead atoms. The van der Waals surface area contributed by atoms with Gasteiger partial charge in [0.05, 0.1) is 5.56 Å². The molecule has 0 atom stereocenters. The number of ether oxygens (including phenoxy) is 2. The second kappa shape index (κ2) is 13.7. The van der Waals surface area contributed by atoms with E-state index in [0.29, 0.717) is 12.4 Å². The van der Waals surface area contributed by atoms with Crippen LogP contribution in [0.3, 0.4) is 0 Å². The molecule has 2 aromatic rings. The van der Waals surface area contributed by atoms with Gasteiger partial charge < -0.3 is 14.6 Å². The van der Waals surface area contributed by atoms with E-state index in [2.05, 4.69) is 19.1 Å². The Morgan fingerprint density at radius 3 is 2.30 bits per heavy atom. The number of unbranched alkanes of at least 4 members (excludes halogenated alkanes) is 2. The Balaban J connectivity index is 2.12. The molecule has 0 heterocycles. The van der Waals surface area contributed by atoms with Crippen molar-refractivity contribution >= 4 is 23.9 Å². The molecule has 1 N–H and O–H groups in total. The molecule has 2 rings (SSSR count). The standard InChI is InChI=1S/C28H32O5/c1-4-5-6-7-8-22-9-11-23(12-10-22)13-16-26(29)25-15-14-24(32-18-17-21(2)3)19-27(25)33-20-28(30)31/h7-17,19H,4-6,18,20H2,1-3H3,(H,30,31)/b8-7+,16-13+. The molecule has 0 spiro atoms. The number of carboxylic acids is 1. The van der Waals surface area contributed by atoms with Crippen LogP contribution in [0.25, 0.3) is 12.2 Å². The summed E-state index contributed by atoms with van der Waals surface area (Å²) in [4.78, 5) is 23.7. The first-order valence-electron chi connectivity index (χ1n) is 11.1. The van der Waals surface area contributed by atoms with E-state index in [0.717, 1.165) is 23.1 Å². The molecule has 0 saturated heterocycles. The molecule has 33 heavy (non-hydrogen) atoms. The van der Waals surface area contributed by atoms with E-state index in [1.165, 1.54) is 18.9 Å². The van der Waals surface area contributed by atoms with Crippen LogP contribution in [0.2, 0.25) is 0 Å². The third-order valence-corrected chi connectivity index (χ3v) is 4.71. The summed E-state index contributed by atoms with van der Waals surface area (Å²) in [7, 11) is 0. The van der Waals surface area contributed by atoms with Crippen molar-refractivity contribution in [2.75, 3.05) is 13.2 Å². The van der Waals surface area contributed by atoms with Crippen molar-refractivity contribution in [2.24, 2.45) is 0 Å². The molecule has 0 aromatic heterocycles. The highest BCUT2D eigenvalue weighted by Crippen LogP contribution is 2.26. The minimum absolute atomic E-state index is 0.175. The van der Waals surface area contributed by atoms with Gasteiger partial charge in [0, 0.05) is 6.07 Å². The normalized spacial score (nSPS) is 11.0. The number of carbonyl (C=O) groups is 2. The molecule has 5 heteroatoms. The lowest BCUT2D eigenvalue weighted by molar-refractivity contribution is -0.139. The van der Waals surface area contributed by atoms with Crippen LogP contribution in [-0.2, 0) is 4.79 Å². The fourth-order valence-electron chi connectivity index (χ4n) is 2.88. The van der Waals surface area contributed by atoms with E-state index in [1.807, 2.05) is 44.2 Å². The minimum Gasteiger partial charge on any atom is -0.489 e. The van der Waals surface area contributed by atoms with Crippen LogP contribution in [0, 0.1) is 0 Å². The zero-order valence-corrected chi connectivity index (χ0v) is 19.5. The summed E-state index contributed by atoms with van der Waals surface area (Å²) >= 11 is 0.